The average Bonchev–Trinajstić information content (AvgIpc) is 3.24. The summed E-state index contributed by atoms with van der Waals surface area (Å²) >= 11 is 0. The maximum atomic E-state index is 13.0. The van der Waals surface area contributed by atoms with Crippen LogP contribution < -0.4 is 10.0 Å². The number of pyridine rings is 1. The number of aliphatic imine (C=N–C) groups is 1. The third-order valence-corrected chi connectivity index (χ3v) is 6.42. The number of carbonyl (C=O) groups excluding carboxylic acids is 1. The molecule has 0 saturated carbocycles. The summed E-state index contributed by atoms with van der Waals surface area (Å²) in [5.41, 5.74) is 1.73. The summed E-state index contributed by atoms with van der Waals surface area (Å²) in [6.07, 6.45) is 3.29. The zero-order valence-electron chi connectivity index (χ0n) is 17.7. The lowest BCUT2D eigenvalue weighted by Crippen LogP contribution is -2.34. The van der Waals surface area contributed by atoms with Crippen molar-refractivity contribution in [2.75, 3.05) is 5.32 Å². The first-order chi connectivity index (χ1) is 14.7. The number of anilines is 1. The highest BCUT2D eigenvalue weighted by Crippen LogP contribution is 2.24. The Bertz CT molecular complexity index is 1290. The fourth-order valence-corrected chi connectivity index (χ4v) is 4.72. The highest BCUT2D eigenvalue weighted by molar-refractivity contribution is 7.90. The van der Waals surface area contributed by atoms with Gasteiger partial charge in [-0.05, 0) is 38.0 Å². The predicted molar refractivity (Wildman–Crippen MR) is 118 cm³/mol. The first-order valence-electron chi connectivity index (χ1n) is 10.0. The second-order valence-electron chi connectivity index (χ2n) is 8.08. The van der Waals surface area contributed by atoms with Crippen molar-refractivity contribution >= 4 is 38.5 Å². The normalized spacial score (nSPS) is 17.2. The van der Waals surface area contributed by atoms with Gasteiger partial charge in [0, 0.05) is 17.0 Å². The standard InChI is InChI=1S/C21H24N6O3S/c1-12(2)18(25-19-16-7-5-6-8-17(16)31(29,30)26-19)21(28)24-15-9-14-10-23-27(13(3)4)20(14)22-11-15/h5-13,18H,1-4H3,(H,24,28)(H,25,26)/t18-/m0/s1. The van der Waals surface area contributed by atoms with Gasteiger partial charge in [-0.3, -0.25) is 14.5 Å². The molecule has 31 heavy (non-hydrogen) atoms. The van der Waals surface area contributed by atoms with E-state index in [1.54, 1.807) is 30.6 Å². The fraction of sp³-hybridized carbons (Fsp3) is 0.333. The summed E-state index contributed by atoms with van der Waals surface area (Å²) < 4.78 is 29.0. The molecule has 1 aliphatic heterocycles. The Balaban J connectivity index is 1.62. The summed E-state index contributed by atoms with van der Waals surface area (Å²) in [4.78, 5) is 22.1. The van der Waals surface area contributed by atoms with E-state index in [1.807, 2.05) is 38.4 Å². The largest absolute Gasteiger partial charge is 0.323 e. The number of hydrogen-bond acceptors (Lipinski definition) is 6. The number of rotatable bonds is 5. The molecule has 2 aromatic heterocycles. The zero-order valence-corrected chi connectivity index (χ0v) is 18.5. The van der Waals surface area contributed by atoms with Crippen molar-refractivity contribution in [2.45, 2.75) is 44.7 Å². The minimum atomic E-state index is -3.67. The molecule has 2 N–H and O–H groups in total. The van der Waals surface area contributed by atoms with Crippen molar-refractivity contribution in [1.29, 1.82) is 0 Å². The first-order valence-corrected chi connectivity index (χ1v) is 11.5. The molecule has 0 unspecified atom stereocenters. The molecular weight excluding hydrogens is 416 g/mol. The maximum Gasteiger partial charge on any atom is 0.263 e. The van der Waals surface area contributed by atoms with Crippen LogP contribution >= 0.6 is 0 Å². The molecule has 3 heterocycles. The maximum absolute atomic E-state index is 13.0. The van der Waals surface area contributed by atoms with Crippen LogP contribution in [0.5, 0.6) is 0 Å². The molecule has 4 rings (SSSR count). The van der Waals surface area contributed by atoms with Gasteiger partial charge in [0.2, 0.25) is 5.91 Å². The van der Waals surface area contributed by atoms with E-state index in [4.69, 9.17) is 0 Å². The number of amides is 1. The summed E-state index contributed by atoms with van der Waals surface area (Å²) in [6, 6.07) is 7.76. The van der Waals surface area contributed by atoms with E-state index in [1.165, 1.54) is 6.07 Å². The number of nitrogens with one attached hydrogen (secondary N) is 2. The van der Waals surface area contributed by atoms with E-state index in [9.17, 15) is 13.2 Å². The van der Waals surface area contributed by atoms with Crippen molar-refractivity contribution in [1.82, 2.24) is 19.5 Å². The Hall–Kier alpha value is -3.27. The van der Waals surface area contributed by atoms with Crippen LogP contribution in [0, 0.1) is 5.92 Å². The fourth-order valence-electron chi connectivity index (χ4n) is 3.48. The van der Waals surface area contributed by atoms with E-state index >= 15 is 0 Å². The topological polar surface area (TPSA) is 118 Å². The van der Waals surface area contributed by atoms with Gasteiger partial charge in [-0.25, -0.2) is 18.1 Å². The molecule has 1 amide bonds. The van der Waals surface area contributed by atoms with Crippen LogP contribution in [0.2, 0.25) is 0 Å². The number of carbonyl (C=O) groups is 1. The van der Waals surface area contributed by atoms with E-state index < -0.39 is 16.1 Å². The van der Waals surface area contributed by atoms with Gasteiger partial charge in [-0.1, -0.05) is 26.0 Å². The van der Waals surface area contributed by atoms with Crippen molar-refractivity contribution in [3.63, 3.8) is 0 Å². The number of fused-ring (bicyclic) bond motifs is 2. The molecular formula is C21H24N6O3S. The highest BCUT2D eigenvalue weighted by Gasteiger charge is 2.32. The molecule has 0 spiro atoms. The van der Waals surface area contributed by atoms with Crippen LogP contribution in [-0.4, -0.2) is 41.0 Å². The van der Waals surface area contributed by atoms with E-state index in [0.29, 0.717) is 11.3 Å². The first kappa shape index (κ1) is 21.0. The lowest BCUT2D eigenvalue weighted by molar-refractivity contribution is -0.118. The quantitative estimate of drug-likeness (QED) is 0.632. The Kier molecular flexibility index (Phi) is 5.26. The smallest absolute Gasteiger partial charge is 0.263 e. The van der Waals surface area contributed by atoms with Crippen LogP contribution in [-0.2, 0) is 14.8 Å². The van der Waals surface area contributed by atoms with Crippen LogP contribution in [0.3, 0.4) is 0 Å². The number of sulfonamides is 1. The molecule has 0 aliphatic carbocycles. The molecule has 1 aliphatic rings. The van der Waals surface area contributed by atoms with Crippen molar-refractivity contribution in [3.05, 3.63) is 48.3 Å². The average molecular weight is 441 g/mol. The molecule has 0 fully saturated rings. The molecule has 1 aromatic carbocycles. The lowest BCUT2D eigenvalue weighted by atomic mass is 10.0. The number of amidine groups is 1. The van der Waals surface area contributed by atoms with Gasteiger partial charge in [0.25, 0.3) is 10.0 Å². The monoisotopic (exact) mass is 440 g/mol. The van der Waals surface area contributed by atoms with Gasteiger partial charge in [-0.2, -0.15) is 5.10 Å². The number of aromatic nitrogens is 3. The van der Waals surface area contributed by atoms with Crippen molar-refractivity contribution < 1.29 is 13.2 Å². The van der Waals surface area contributed by atoms with Crippen molar-refractivity contribution in [2.24, 2.45) is 10.9 Å². The number of nitrogens with zero attached hydrogens (tertiary/aromatic N) is 4. The van der Waals surface area contributed by atoms with Crippen LogP contribution in [0.15, 0.2) is 52.6 Å². The van der Waals surface area contributed by atoms with Gasteiger partial charge in [0.05, 0.1) is 23.0 Å². The summed E-state index contributed by atoms with van der Waals surface area (Å²) in [5, 5.41) is 8.00. The van der Waals surface area contributed by atoms with Gasteiger partial charge in [0.1, 0.15) is 11.9 Å². The van der Waals surface area contributed by atoms with Crippen LogP contribution in [0.4, 0.5) is 5.69 Å². The van der Waals surface area contributed by atoms with Gasteiger partial charge < -0.3 is 5.32 Å². The number of benzene rings is 1. The minimum Gasteiger partial charge on any atom is -0.323 e. The molecule has 1 atom stereocenters. The molecule has 10 heteroatoms. The summed E-state index contributed by atoms with van der Waals surface area (Å²) in [5.74, 6) is -0.329. The SMILES string of the molecule is CC(C)[C@H](N=C1NS(=O)(=O)c2ccccc21)C(=O)Nc1cnc2c(cnn2C(C)C)c1. The third kappa shape index (κ3) is 3.90. The van der Waals surface area contributed by atoms with Crippen LogP contribution in [0.1, 0.15) is 39.3 Å². The van der Waals surface area contributed by atoms with Gasteiger partial charge in [-0.15, -0.1) is 0 Å². The lowest BCUT2D eigenvalue weighted by Gasteiger charge is -2.17. The van der Waals surface area contributed by atoms with Gasteiger partial charge in [0.15, 0.2) is 5.65 Å². The highest BCUT2D eigenvalue weighted by atomic mass is 32.2. The minimum absolute atomic E-state index is 0.161. The van der Waals surface area contributed by atoms with Gasteiger partial charge >= 0.3 is 0 Å². The molecule has 9 nitrogen and oxygen atoms in total. The molecule has 0 bridgehead atoms. The Morgan fingerprint density at radius 2 is 1.90 bits per heavy atom. The Morgan fingerprint density at radius 1 is 1.16 bits per heavy atom. The molecule has 162 valence electrons. The Labute approximate surface area is 180 Å². The molecule has 3 aromatic rings. The zero-order chi connectivity index (χ0) is 22.3. The van der Waals surface area contributed by atoms with Crippen molar-refractivity contribution in [3.8, 4) is 0 Å². The second-order valence-corrected chi connectivity index (χ2v) is 9.73. The van der Waals surface area contributed by atoms with E-state index in [0.717, 1.165) is 11.0 Å². The molecule has 0 saturated heterocycles. The predicted octanol–water partition coefficient (Wildman–Crippen LogP) is 2.71. The van der Waals surface area contributed by atoms with Crippen LogP contribution in [0.25, 0.3) is 11.0 Å². The second kappa shape index (κ2) is 7.77. The number of hydrogen-bond donors (Lipinski definition) is 2. The Morgan fingerprint density at radius 3 is 2.61 bits per heavy atom. The summed E-state index contributed by atoms with van der Waals surface area (Å²) in [6.45, 7) is 7.76. The van der Waals surface area contributed by atoms with E-state index in [2.05, 4.69) is 25.1 Å². The molecule has 0 radical (unpaired) electrons. The summed E-state index contributed by atoms with van der Waals surface area (Å²) in [7, 11) is -3.67. The van der Waals surface area contributed by atoms with E-state index in [-0.39, 0.29) is 28.6 Å². The third-order valence-electron chi connectivity index (χ3n) is 5.02.